The molecule has 0 aromatic heterocycles. The van der Waals surface area contributed by atoms with Crippen LogP contribution in [0.1, 0.15) is 37.7 Å². The molecule has 1 aromatic carbocycles. The molecule has 0 bridgehead atoms. The van der Waals surface area contributed by atoms with Crippen molar-refractivity contribution in [1.29, 1.82) is 5.41 Å². The molecule has 17 heavy (non-hydrogen) atoms. The molecule has 0 unspecified atom stereocenters. The largest absolute Gasteiger partial charge is 0.493 e. The predicted octanol–water partition coefficient (Wildman–Crippen LogP) is 2.93. The Morgan fingerprint density at radius 3 is 2.41 bits per heavy atom. The van der Waals surface area contributed by atoms with Crippen LogP contribution in [0.25, 0.3) is 0 Å². The molecular weight excluding hydrogens is 212 g/mol. The van der Waals surface area contributed by atoms with Gasteiger partial charge in [-0.3, -0.25) is 5.41 Å². The third-order valence-electron chi connectivity index (χ3n) is 3.38. The van der Waals surface area contributed by atoms with E-state index in [4.69, 9.17) is 15.9 Å². The minimum atomic E-state index is 0.101. The summed E-state index contributed by atoms with van der Waals surface area (Å²) in [6.07, 6.45) is 6.66. The summed E-state index contributed by atoms with van der Waals surface area (Å²) >= 11 is 0. The second kappa shape index (κ2) is 5.71. The fourth-order valence-corrected chi connectivity index (χ4v) is 2.30. The van der Waals surface area contributed by atoms with Crippen molar-refractivity contribution >= 4 is 5.84 Å². The molecule has 0 radical (unpaired) electrons. The summed E-state index contributed by atoms with van der Waals surface area (Å²) in [5, 5.41) is 7.31. The Balaban J connectivity index is 1.84. The molecule has 2 rings (SSSR count). The summed E-state index contributed by atoms with van der Waals surface area (Å²) < 4.78 is 5.77. The number of nitrogens with one attached hydrogen (secondary N) is 1. The standard InChI is InChI=1S/C14H20N2O/c15-14(16)12-6-8-13(9-7-12)17-10-11-4-2-1-3-5-11/h6-9,11H,1-5,10H2,(H3,15,16). The van der Waals surface area contributed by atoms with Gasteiger partial charge in [-0.2, -0.15) is 0 Å². The predicted molar refractivity (Wildman–Crippen MR) is 69.5 cm³/mol. The fraction of sp³-hybridized carbons (Fsp3) is 0.500. The van der Waals surface area contributed by atoms with E-state index >= 15 is 0 Å². The molecule has 0 saturated heterocycles. The van der Waals surface area contributed by atoms with Crippen LogP contribution in [-0.4, -0.2) is 12.4 Å². The first-order valence-corrected chi connectivity index (χ1v) is 6.33. The van der Waals surface area contributed by atoms with E-state index in [2.05, 4.69) is 0 Å². The van der Waals surface area contributed by atoms with Crippen LogP contribution in [0.3, 0.4) is 0 Å². The molecule has 1 aliphatic rings. The van der Waals surface area contributed by atoms with Crippen LogP contribution < -0.4 is 10.5 Å². The van der Waals surface area contributed by atoms with Gasteiger partial charge < -0.3 is 10.5 Å². The van der Waals surface area contributed by atoms with Crippen molar-refractivity contribution in [2.75, 3.05) is 6.61 Å². The Kier molecular flexibility index (Phi) is 4.02. The van der Waals surface area contributed by atoms with Crippen LogP contribution in [-0.2, 0) is 0 Å². The topological polar surface area (TPSA) is 59.1 Å². The lowest BCUT2D eigenvalue weighted by Gasteiger charge is -2.21. The van der Waals surface area contributed by atoms with Crippen molar-refractivity contribution in [3.05, 3.63) is 29.8 Å². The van der Waals surface area contributed by atoms with Crippen molar-refractivity contribution in [2.45, 2.75) is 32.1 Å². The van der Waals surface area contributed by atoms with Crippen molar-refractivity contribution in [2.24, 2.45) is 11.7 Å². The van der Waals surface area contributed by atoms with Gasteiger partial charge in [0.25, 0.3) is 0 Å². The van der Waals surface area contributed by atoms with E-state index in [-0.39, 0.29) is 5.84 Å². The molecule has 1 fully saturated rings. The molecule has 0 spiro atoms. The fourth-order valence-electron chi connectivity index (χ4n) is 2.30. The van der Waals surface area contributed by atoms with Crippen LogP contribution in [0.2, 0.25) is 0 Å². The van der Waals surface area contributed by atoms with E-state index < -0.39 is 0 Å². The van der Waals surface area contributed by atoms with Crippen LogP contribution in [0.4, 0.5) is 0 Å². The Hall–Kier alpha value is -1.51. The van der Waals surface area contributed by atoms with E-state index in [1.165, 1.54) is 32.1 Å². The number of hydrogen-bond donors (Lipinski definition) is 2. The third-order valence-corrected chi connectivity index (χ3v) is 3.38. The number of ether oxygens (including phenoxy) is 1. The number of rotatable bonds is 4. The van der Waals surface area contributed by atoms with Crippen LogP contribution in [0.15, 0.2) is 24.3 Å². The first-order chi connectivity index (χ1) is 8.25. The van der Waals surface area contributed by atoms with E-state index in [0.717, 1.165) is 23.8 Å². The van der Waals surface area contributed by atoms with Gasteiger partial charge in [0.2, 0.25) is 0 Å². The highest BCUT2D eigenvalue weighted by Gasteiger charge is 2.13. The highest BCUT2D eigenvalue weighted by molar-refractivity contribution is 5.94. The number of amidine groups is 1. The van der Waals surface area contributed by atoms with Crippen molar-refractivity contribution < 1.29 is 4.74 Å². The molecule has 0 heterocycles. The zero-order valence-electron chi connectivity index (χ0n) is 10.1. The Labute approximate surface area is 102 Å². The van der Waals surface area contributed by atoms with Crippen LogP contribution in [0, 0.1) is 11.3 Å². The maximum absolute atomic E-state index is 7.31. The van der Waals surface area contributed by atoms with Gasteiger partial charge >= 0.3 is 0 Å². The van der Waals surface area contributed by atoms with Gasteiger partial charge in [-0.15, -0.1) is 0 Å². The van der Waals surface area contributed by atoms with Crippen LogP contribution >= 0.6 is 0 Å². The molecule has 3 heteroatoms. The molecule has 0 aliphatic heterocycles. The molecule has 1 aromatic rings. The number of benzene rings is 1. The minimum absolute atomic E-state index is 0.101. The van der Waals surface area contributed by atoms with Crippen molar-refractivity contribution in [1.82, 2.24) is 0 Å². The lowest BCUT2D eigenvalue weighted by molar-refractivity contribution is 0.209. The third kappa shape index (κ3) is 3.48. The van der Waals surface area contributed by atoms with E-state index in [1.54, 1.807) is 0 Å². The smallest absolute Gasteiger partial charge is 0.122 e. The molecule has 0 atom stereocenters. The maximum Gasteiger partial charge on any atom is 0.122 e. The van der Waals surface area contributed by atoms with Gasteiger partial charge in [-0.25, -0.2) is 0 Å². The van der Waals surface area contributed by atoms with E-state index in [0.29, 0.717) is 0 Å². The van der Waals surface area contributed by atoms with Gasteiger partial charge in [0.1, 0.15) is 11.6 Å². The van der Waals surface area contributed by atoms with Gasteiger partial charge in [-0.05, 0) is 43.0 Å². The van der Waals surface area contributed by atoms with Crippen molar-refractivity contribution in [3.63, 3.8) is 0 Å². The van der Waals surface area contributed by atoms with Gasteiger partial charge in [-0.1, -0.05) is 19.3 Å². The maximum atomic E-state index is 7.31. The molecule has 3 nitrogen and oxygen atoms in total. The SMILES string of the molecule is N=C(N)c1ccc(OCC2CCCCC2)cc1. The summed E-state index contributed by atoms with van der Waals surface area (Å²) in [5.74, 6) is 1.70. The molecule has 1 saturated carbocycles. The number of hydrogen-bond acceptors (Lipinski definition) is 2. The summed E-state index contributed by atoms with van der Waals surface area (Å²) in [7, 11) is 0. The van der Waals surface area contributed by atoms with Gasteiger partial charge in [0.05, 0.1) is 6.61 Å². The highest BCUT2D eigenvalue weighted by atomic mass is 16.5. The summed E-state index contributed by atoms with van der Waals surface area (Å²) in [6.45, 7) is 0.819. The van der Waals surface area contributed by atoms with E-state index in [1.807, 2.05) is 24.3 Å². The lowest BCUT2D eigenvalue weighted by Crippen LogP contribution is -2.15. The highest BCUT2D eigenvalue weighted by Crippen LogP contribution is 2.24. The minimum Gasteiger partial charge on any atom is -0.493 e. The molecule has 1 aliphatic carbocycles. The molecule has 92 valence electrons. The molecule has 3 N–H and O–H groups in total. The van der Waals surface area contributed by atoms with Gasteiger partial charge in [0.15, 0.2) is 0 Å². The first kappa shape index (κ1) is 12.0. The summed E-state index contributed by atoms with van der Waals surface area (Å²) in [5.41, 5.74) is 6.14. The normalized spacial score (nSPS) is 16.7. The second-order valence-electron chi connectivity index (χ2n) is 4.75. The average molecular weight is 232 g/mol. The summed E-state index contributed by atoms with van der Waals surface area (Å²) in [4.78, 5) is 0. The summed E-state index contributed by atoms with van der Waals surface area (Å²) in [6, 6.07) is 7.44. The zero-order valence-corrected chi connectivity index (χ0v) is 10.1. The van der Waals surface area contributed by atoms with Crippen LogP contribution in [0.5, 0.6) is 5.75 Å². The second-order valence-corrected chi connectivity index (χ2v) is 4.75. The zero-order chi connectivity index (χ0) is 12.1. The Morgan fingerprint density at radius 2 is 1.82 bits per heavy atom. The van der Waals surface area contributed by atoms with Gasteiger partial charge in [0, 0.05) is 5.56 Å². The quantitative estimate of drug-likeness (QED) is 0.619. The number of nitrogen functional groups attached to an aromatic ring is 1. The molecular formula is C14H20N2O. The molecule has 0 amide bonds. The van der Waals surface area contributed by atoms with E-state index in [9.17, 15) is 0 Å². The number of nitrogens with two attached hydrogens (primary N) is 1. The Bertz CT molecular complexity index is 366. The average Bonchev–Trinajstić information content (AvgIpc) is 2.38. The first-order valence-electron chi connectivity index (χ1n) is 6.33. The lowest BCUT2D eigenvalue weighted by atomic mass is 9.90. The Morgan fingerprint density at radius 1 is 1.18 bits per heavy atom. The van der Waals surface area contributed by atoms with Crippen molar-refractivity contribution in [3.8, 4) is 5.75 Å². The monoisotopic (exact) mass is 232 g/mol.